The van der Waals surface area contributed by atoms with Gasteiger partial charge in [-0.1, -0.05) is 6.07 Å². The van der Waals surface area contributed by atoms with Crippen LogP contribution in [-0.4, -0.2) is 31.1 Å². The van der Waals surface area contributed by atoms with Gasteiger partial charge >= 0.3 is 0 Å². The molecule has 0 aliphatic heterocycles. The molecule has 0 aromatic carbocycles. The standard InChI is InChI=1S/C16H22N4O2/c1-3-17-16(19-10-8-14-7-5-11-22-14)20-12-13-6-4-9-18-15(13)21-2/h4-7,9,11H,3,8,10,12H2,1-2H3,(H2,17,19,20). The second kappa shape index (κ2) is 8.71. The maximum atomic E-state index is 5.31. The number of aromatic nitrogens is 1. The fourth-order valence-electron chi connectivity index (χ4n) is 1.99. The molecule has 0 spiro atoms. The Kier molecular flexibility index (Phi) is 6.29. The summed E-state index contributed by atoms with van der Waals surface area (Å²) in [5.74, 6) is 2.33. The molecule has 2 heterocycles. The number of hydrogen-bond donors (Lipinski definition) is 2. The normalized spacial score (nSPS) is 11.3. The molecule has 0 saturated carbocycles. The van der Waals surface area contributed by atoms with Crippen molar-refractivity contribution in [3.05, 3.63) is 48.0 Å². The van der Waals surface area contributed by atoms with Gasteiger partial charge in [-0.05, 0) is 25.1 Å². The minimum absolute atomic E-state index is 0.507. The lowest BCUT2D eigenvalue weighted by molar-refractivity contribution is 0.392. The summed E-state index contributed by atoms with van der Waals surface area (Å²) in [6.45, 7) is 4.10. The first-order valence-corrected chi connectivity index (χ1v) is 7.36. The summed E-state index contributed by atoms with van der Waals surface area (Å²) in [7, 11) is 1.61. The molecule has 118 valence electrons. The predicted molar refractivity (Wildman–Crippen MR) is 86.0 cm³/mol. The van der Waals surface area contributed by atoms with E-state index in [-0.39, 0.29) is 0 Å². The summed E-state index contributed by atoms with van der Waals surface area (Å²) in [4.78, 5) is 8.73. The molecule has 0 aliphatic carbocycles. The largest absolute Gasteiger partial charge is 0.481 e. The second-order valence-electron chi connectivity index (χ2n) is 4.62. The first kappa shape index (κ1) is 15.9. The Labute approximate surface area is 130 Å². The molecule has 2 N–H and O–H groups in total. The van der Waals surface area contributed by atoms with Gasteiger partial charge in [-0.15, -0.1) is 0 Å². The predicted octanol–water partition coefficient (Wildman–Crippen LogP) is 1.98. The second-order valence-corrected chi connectivity index (χ2v) is 4.62. The van der Waals surface area contributed by atoms with Crippen molar-refractivity contribution in [1.82, 2.24) is 15.6 Å². The first-order chi connectivity index (χ1) is 10.8. The van der Waals surface area contributed by atoms with Crippen molar-refractivity contribution in [3.63, 3.8) is 0 Å². The van der Waals surface area contributed by atoms with E-state index >= 15 is 0 Å². The van der Waals surface area contributed by atoms with Gasteiger partial charge in [0.2, 0.25) is 5.88 Å². The number of furan rings is 1. The number of pyridine rings is 1. The molecular weight excluding hydrogens is 280 g/mol. The molecule has 0 unspecified atom stereocenters. The van der Waals surface area contributed by atoms with E-state index in [1.165, 1.54) is 0 Å². The van der Waals surface area contributed by atoms with Crippen LogP contribution in [0.2, 0.25) is 0 Å². The summed E-state index contributed by atoms with van der Waals surface area (Å²) >= 11 is 0. The summed E-state index contributed by atoms with van der Waals surface area (Å²) in [5.41, 5.74) is 0.952. The van der Waals surface area contributed by atoms with E-state index in [2.05, 4.69) is 20.6 Å². The molecule has 0 amide bonds. The highest BCUT2D eigenvalue weighted by atomic mass is 16.5. The fraction of sp³-hybridized carbons (Fsp3) is 0.375. The van der Waals surface area contributed by atoms with Crippen molar-refractivity contribution in [2.75, 3.05) is 20.2 Å². The molecule has 2 rings (SSSR count). The van der Waals surface area contributed by atoms with Gasteiger partial charge in [0.15, 0.2) is 5.96 Å². The van der Waals surface area contributed by atoms with Crippen LogP contribution in [0.15, 0.2) is 46.1 Å². The Morgan fingerprint density at radius 1 is 1.32 bits per heavy atom. The molecule has 2 aromatic heterocycles. The van der Waals surface area contributed by atoms with Gasteiger partial charge < -0.3 is 19.8 Å². The third kappa shape index (κ3) is 4.80. The molecule has 0 fully saturated rings. The van der Waals surface area contributed by atoms with Gasteiger partial charge in [0.1, 0.15) is 5.76 Å². The molecule has 2 aromatic rings. The number of nitrogens with zero attached hydrogens (tertiary/aromatic N) is 2. The topological polar surface area (TPSA) is 71.7 Å². The molecular formula is C16H22N4O2. The smallest absolute Gasteiger partial charge is 0.218 e. The maximum absolute atomic E-state index is 5.31. The number of rotatable bonds is 7. The van der Waals surface area contributed by atoms with Crippen LogP contribution in [-0.2, 0) is 13.0 Å². The molecule has 6 heteroatoms. The van der Waals surface area contributed by atoms with E-state index in [1.54, 1.807) is 19.6 Å². The summed E-state index contributed by atoms with van der Waals surface area (Å²) < 4.78 is 10.5. The SMILES string of the molecule is CCNC(=NCc1cccnc1OC)NCCc1ccco1. The van der Waals surface area contributed by atoms with Gasteiger partial charge in [0, 0.05) is 31.3 Å². The lowest BCUT2D eigenvalue weighted by Crippen LogP contribution is -2.38. The van der Waals surface area contributed by atoms with E-state index in [0.717, 1.165) is 36.8 Å². The van der Waals surface area contributed by atoms with E-state index < -0.39 is 0 Å². The van der Waals surface area contributed by atoms with Crippen molar-refractivity contribution in [2.45, 2.75) is 19.9 Å². The van der Waals surface area contributed by atoms with Gasteiger partial charge in [-0.3, -0.25) is 0 Å². The number of aliphatic imine (C=N–C) groups is 1. The van der Waals surface area contributed by atoms with Gasteiger partial charge in [0.25, 0.3) is 0 Å². The molecule has 0 saturated heterocycles. The Bertz CT molecular complexity index is 582. The average molecular weight is 302 g/mol. The quantitative estimate of drug-likeness (QED) is 0.604. The van der Waals surface area contributed by atoms with Crippen LogP contribution in [0, 0.1) is 0 Å². The highest BCUT2D eigenvalue weighted by Gasteiger charge is 2.04. The summed E-state index contributed by atoms with van der Waals surface area (Å²) in [6, 6.07) is 7.70. The van der Waals surface area contributed by atoms with Crippen LogP contribution in [0.5, 0.6) is 5.88 Å². The van der Waals surface area contributed by atoms with Crippen LogP contribution in [0.25, 0.3) is 0 Å². The zero-order valence-electron chi connectivity index (χ0n) is 13.0. The van der Waals surface area contributed by atoms with E-state index in [4.69, 9.17) is 9.15 Å². The third-order valence-corrected chi connectivity index (χ3v) is 3.04. The number of guanidine groups is 1. The van der Waals surface area contributed by atoms with Crippen molar-refractivity contribution in [3.8, 4) is 5.88 Å². The zero-order valence-corrected chi connectivity index (χ0v) is 13.0. The van der Waals surface area contributed by atoms with Gasteiger partial charge in [0.05, 0.1) is 19.9 Å². The minimum atomic E-state index is 0.507. The van der Waals surface area contributed by atoms with Crippen LogP contribution >= 0.6 is 0 Å². The van der Waals surface area contributed by atoms with Crippen LogP contribution < -0.4 is 15.4 Å². The van der Waals surface area contributed by atoms with E-state index in [0.29, 0.717) is 12.4 Å². The number of hydrogen-bond acceptors (Lipinski definition) is 4. The fourth-order valence-corrected chi connectivity index (χ4v) is 1.99. The number of nitrogens with one attached hydrogen (secondary N) is 2. The highest BCUT2D eigenvalue weighted by Crippen LogP contribution is 2.14. The van der Waals surface area contributed by atoms with Crippen molar-refractivity contribution >= 4 is 5.96 Å². The lowest BCUT2D eigenvalue weighted by Gasteiger charge is -2.11. The Balaban J connectivity index is 1.91. The molecule has 0 atom stereocenters. The first-order valence-electron chi connectivity index (χ1n) is 7.36. The Morgan fingerprint density at radius 3 is 2.95 bits per heavy atom. The van der Waals surface area contributed by atoms with Crippen molar-refractivity contribution in [2.24, 2.45) is 4.99 Å². The molecule has 0 bridgehead atoms. The summed E-state index contributed by atoms with van der Waals surface area (Å²) in [6.07, 6.45) is 4.20. The Hall–Kier alpha value is -2.50. The van der Waals surface area contributed by atoms with Gasteiger partial charge in [-0.2, -0.15) is 0 Å². The monoisotopic (exact) mass is 302 g/mol. The third-order valence-electron chi connectivity index (χ3n) is 3.04. The molecule has 0 aliphatic rings. The van der Waals surface area contributed by atoms with E-state index in [1.807, 2.05) is 31.2 Å². The van der Waals surface area contributed by atoms with E-state index in [9.17, 15) is 0 Å². The van der Waals surface area contributed by atoms with Gasteiger partial charge in [-0.25, -0.2) is 9.98 Å². The minimum Gasteiger partial charge on any atom is -0.481 e. The number of ether oxygens (including phenoxy) is 1. The lowest BCUT2D eigenvalue weighted by atomic mass is 10.3. The molecule has 22 heavy (non-hydrogen) atoms. The maximum Gasteiger partial charge on any atom is 0.218 e. The number of methoxy groups -OCH3 is 1. The zero-order chi connectivity index (χ0) is 15.6. The van der Waals surface area contributed by atoms with Crippen LogP contribution in [0.1, 0.15) is 18.2 Å². The average Bonchev–Trinajstić information content (AvgIpc) is 3.06. The Morgan fingerprint density at radius 2 is 2.23 bits per heavy atom. The highest BCUT2D eigenvalue weighted by molar-refractivity contribution is 5.79. The molecule has 6 nitrogen and oxygen atoms in total. The van der Waals surface area contributed by atoms with Crippen molar-refractivity contribution < 1.29 is 9.15 Å². The van der Waals surface area contributed by atoms with Crippen LogP contribution in [0.4, 0.5) is 0 Å². The van der Waals surface area contributed by atoms with Crippen LogP contribution in [0.3, 0.4) is 0 Å². The molecule has 0 radical (unpaired) electrons. The summed E-state index contributed by atoms with van der Waals surface area (Å²) in [5, 5.41) is 6.50. The van der Waals surface area contributed by atoms with Crippen molar-refractivity contribution in [1.29, 1.82) is 0 Å².